The molecule has 2 aromatic heterocycles. The second-order valence-electron chi connectivity index (χ2n) is 5.85. The van der Waals surface area contributed by atoms with E-state index >= 15 is 0 Å². The number of hydrogen-bond acceptors (Lipinski definition) is 5. The lowest BCUT2D eigenvalue weighted by molar-refractivity contribution is 0.147. The van der Waals surface area contributed by atoms with Crippen molar-refractivity contribution in [1.29, 1.82) is 0 Å². The Labute approximate surface area is 146 Å². The summed E-state index contributed by atoms with van der Waals surface area (Å²) in [5.74, 6) is 0.910. The lowest BCUT2D eigenvalue weighted by atomic mass is 9.99. The summed E-state index contributed by atoms with van der Waals surface area (Å²) in [4.78, 5) is 9.93. The summed E-state index contributed by atoms with van der Waals surface area (Å²) in [6, 6.07) is 6.57. The van der Waals surface area contributed by atoms with Crippen LogP contribution in [0.4, 0.5) is 5.82 Å². The van der Waals surface area contributed by atoms with Crippen molar-refractivity contribution in [2.45, 2.75) is 27.2 Å². The molecule has 0 atom stereocenters. The topological polar surface area (TPSA) is 47.0 Å². The number of anilines is 1. The smallest absolute Gasteiger partial charge is 0.138 e. The van der Waals surface area contributed by atoms with Crippen LogP contribution in [-0.4, -0.2) is 29.7 Å². The zero-order valence-electron chi connectivity index (χ0n) is 14.4. The van der Waals surface area contributed by atoms with Crippen molar-refractivity contribution in [3.63, 3.8) is 0 Å². The summed E-state index contributed by atoms with van der Waals surface area (Å²) >= 11 is 1.67. The molecule has 0 fully saturated rings. The van der Waals surface area contributed by atoms with Gasteiger partial charge in [-0.2, -0.15) is 0 Å². The molecule has 3 rings (SSSR count). The molecule has 0 radical (unpaired) electrons. The number of nitrogens with one attached hydrogen (secondary N) is 1. The Hall–Kier alpha value is -1.98. The number of fused-ring (bicyclic) bond motifs is 1. The molecule has 1 N–H and O–H groups in total. The van der Waals surface area contributed by atoms with Crippen LogP contribution in [0, 0.1) is 13.8 Å². The van der Waals surface area contributed by atoms with E-state index in [1.165, 1.54) is 22.3 Å². The van der Waals surface area contributed by atoms with Gasteiger partial charge in [0.2, 0.25) is 0 Å². The van der Waals surface area contributed by atoms with Crippen molar-refractivity contribution in [1.82, 2.24) is 9.97 Å². The summed E-state index contributed by atoms with van der Waals surface area (Å²) in [6.45, 7) is 8.67. The molecule has 0 saturated heterocycles. The molecule has 0 aliphatic rings. The summed E-state index contributed by atoms with van der Waals surface area (Å²) in [7, 11) is 0. The maximum Gasteiger partial charge on any atom is 0.138 e. The molecule has 24 heavy (non-hydrogen) atoms. The number of aryl methyl sites for hydroxylation is 2. The molecule has 4 nitrogen and oxygen atoms in total. The van der Waals surface area contributed by atoms with E-state index in [1.54, 1.807) is 17.7 Å². The van der Waals surface area contributed by atoms with Gasteiger partial charge >= 0.3 is 0 Å². The highest BCUT2D eigenvalue weighted by Gasteiger charge is 2.14. The highest BCUT2D eigenvalue weighted by Crippen LogP contribution is 2.37. The summed E-state index contributed by atoms with van der Waals surface area (Å²) in [6.07, 6.45) is 2.60. The average Bonchev–Trinajstić information content (AvgIpc) is 2.99. The van der Waals surface area contributed by atoms with Crippen LogP contribution in [0.2, 0.25) is 0 Å². The second-order valence-corrected chi connectivity index (χ2v) is 6.71. The summed E-state index contributed by atoms with van der Waals surface area (Å²) < 4.78 is 5.39. The first-order chi connectivity index (χ1) is 11.7. The van der Waals surface area contributed by atoms with Crippen molar-refractivity contribution in [2.75, 3.05) is 25.1 Å². The zero-order valence-corrected chi connectivity index (χ0v) is 15.2. The Bertz CT molecular complexity index is 829. The third kappa shape index (κ3) is 3.57. The largest absolute Gasteiger partial charge is 0.382 e. The van der Waals surface area contributed by atoms with Crippen LogP contribution in [-0.2, 0) is 4.74 Å². The molecule has 1 aromatic carbocycles. The SMILES string of the molecule is CCOCCCNc1ncnc2scc(-c3ccc(C)cc3C)c12. The van der Waals surface area contributed by atoms with Gasteiger partial charge < -0.3 is 10.1 Å². The lowest BCUT2D eigenvalue weighted by Crippen LogP contribution is -2.07. The van der Waals surface area contributed by atoms with Crippen molar-refractivity contribution < 1.29 is 4.74 Å². The molecule has 0 bridgehead atoms. The third-order valence-electron chi connectivity index (χ3n) is 4.00. The van der Waals surface area contributed by atoms with Crippen LogP contribution in [0.15, 0.2) is 29.9 Å². The average molecular weight is 341 g/mol. The number of rotatable bonds is 7. The van der Waals surface area contributed by atoms with Gasteiger partial charge in [-0.15, -0.1) is 11.3 Å². The Morgan fingerprint density at radius 3 is 2.83 bits per heavy atom. The molecule has 5 heteroatoms. The molecule has 0 amide bonds. The first-order valence-electron chi connectivity index (χ1n) is 8.32. The number of hydrogen-bond donors (Lipinski definition) is 1. The molecular weight excluding hydrogens is 318 g/mol. The van der Waals surface area contributed by atoms with Crippen molar-refractivity contribution in [3.8, 4) is 11.1 Å². The maximum atomic E-state index is 5.39. The molecular formula is C19H23N3OS. The van der Waals surface area contributed by atoms with Crippen LogP contribution < -0.4 is 5.32 Å². The predicted octanol–water partition coefficient (Wildman–Crippen LogP) is 4.81. The Morgan fingerprint density at radius 2 is 2.04 bits per heavy atom. The number of aromatic nitrogens is 2. The number of nitrogens with zero attached hydrogens (tertiary/aromatic N) is 2. The number of thiophene rings is 1. The molecule has 0 spiro atoms. The maximum absolute atomic E-state index is 5.39. The fraction of sp³-hybridized carbons (Fsp3) is 0.368. The molecule has 0 unspecified atom stereocenters. The van der Waals surface area contributed by atoms with Crippen LogP contribution in [0.3, 0.4) is 0 Å². The highest BCUT2D eigenvalue weighted by molar-refractivity contribution is 7.17. The van der Waals surface area contributed by atoms with Gasteiger partial charge in [0.1, 0.15) is 17.0 Å². The van der Waals surface area contributed by atoms with E-state index in [2.05, 4.69) is 52.7 Å². The minimum atomic E-state index is 0.763. The normalized spacial score (nSPS) is 11.1. The highest BCUT2D eigenvalue weighted by atomic mass is 32.1. The van der Waals surface area contributed by atoms with Gasteiger partial charge in [0, 0.05) is 30.7 Å². The van der Waals surface area contributed by atoms with Crippen LogP contribution >= 0.6 is 11.3 Å². The van der Waals surface area contributed by atoms with Crippen LogP contribution in [0.5, 0.6) is 0 Å². The monoisotopic (exact) mass is 341 g/mol. The van der Waals surface area contributed by atoms with Gasteiger partial charge in [0.25, 0.3) is 0 Å². The lowest BCUT2D eigenvalue weighted by Gasteiger charge is -2.10. The van der Waals surface area contributed by atoms with E-state index in [4.69, 9.17) is 4.74 Å². The van der Waals surface area contributed by atoms with Gasteiger partial charge in [-0.25, -0.2) is 9.97 Å². The quantitative estimate of drug-likeness (QED) is 0.626. The molecule has 3 aromatic rings. The standard InChI is InChI=1S/C19H23N3OS/c1-4-23-9-5-8-20-18-17-16(11-24-19(17)22-12-21-18)15-7-6-13(2)10-14(15)3/h6-7,10-12H,4-5,8-9H2,1-3H3,(H,20,21,22). The zero-order chi connectivity index (χ0) is 16.9. The minimum absolute atomic E-state index is 0.763. The van der Waals surface area contributed by atoms with E-state index in [0.717, 1.165) is 42.2 Å². The van der Waals surface area contributed by atoms with Crippen molar-refractivity contribution in [2.24, 2.45) is 0 Å². The molecule has 0 saturated carbocycles. The molecule has 0 aliphatic heterocycles. The minimum Gasteiger partial charge on any atom is -0.382 e. The first kappa shape index (κ1) is 16.9. The summed E-state index contributed by atoms with van der Waals surface area (Å²) in [5.41, 5.74) is 5.02. The Morgan fingerprint density at radius 1 is 1.17 bits per heavy atom. The van der Waals surface area contributed by atoms with Gasteiger partial charge in [-0.1, -0.05) is 23.8 Å². The fourth-order valence-corrected chi connectivity index (χ4v) is 3.76. The van der Waals surface area contributed by atoms with Gasteiger partial charge in [0.05, 0.1) is 5.39 Å². The number of ether oxygens (including phenoxy) is 1. The van der Waals surface area contributed by atoms with Gasteiger partial charge in [0.15, 0.2) is 0 Å². The number of benzene rings is 1. The predicted molar refractivity (Wildman–Crippen MR) is 102 cm³/mol. The van der Waals surface area contributed by atoms with Crippen molar-refractivity contribution in [3.05, 3.63) is 41.0 Å². The first-order valence-corrected chi connectivity index (χ1v) is 9.20. The molecule has 126 valence electrons. The Balaban J connectivity index is 1.92. The fourth-order valence-electron chi connectivity index (χ4n) is 2.85. The van der Waals surface area contributed by atoms with Crippen LogP contribution in [0.25, 0.3) is 21.3 Å². The van der Waals surface area contributed by atoms with Crippen LogP contribution in [0.1, 0.15) is 24.5 Å². The molecule has 2 heterocycles. The van der Waals surface area contributed by atoms with E-state index in [9.17, 15) is 0 Å². The van der Waals surface area contributed by atoms with E-state index in [-0.39, 0.29) is 0 Å². The van der Waals surface area contributed by atoms with E-state index in [0.29, 0.717) is 0 Å². The summed E-state index contributed by atoms with van der Waals surface area (Å²) in [5, 5.41) is 6.75. The van der Waals surface area contributed by atoms with Gasteiger partial charge in [-0.3, -0.25) is 0 Å². The van der Waals surface area contributed by atoms with Crippen molar-refractivity contribution >= 4 is 27.4 Å². The Kier molecular flexibility index (Phi) is 5.43. The van der Waals surface area contributed by atoms with Gasteiger partial charge in [-0.05, 0) is 38.3 Å². The molecule has 0 aliphatic carbocycles. The van der Waals surface area contributed by atoms with E-state index < -0.39 is 0 Å². The third-order valence-corrected chi connectivity index (χ3v) is 4.89. The second kappa shape index (κ2) is 7.73. The van der Waals surface area contributed by atoms with E-state index in [1.807, 2.05) is 6.92 Å².